The van der Waals surface area contributed by atoms with E-state index in [9.17, 15) is 4.79 Å². The number of hydrogen-bond acceptors (Lipinski definition) is 6. The van der Waals surface area contributed by atoms with Crippen LogP contribution in [-0.4, -0.2) is 44.2 Å². The SMILES string of the molecule is CCOC(=O)CC1(CC2OC(C)O2)OCCO1. The van der Waals surface area contributed by atoms with Gasteiger partial charge in [0.25, 0.3) is 0 Å². The number of rotatable bonds is 5. The van der Waals surface area contributed by atoms with E-state index in [1.165, 1.54) is 0 Å². The first-order valence-electron chi connectivity index (χ1n) is 5.88. The van der Waals surface area contributed by atoms with Crippen LogP contribution < -0.4 is 0 Å². The van der Waals surface area contributed by atoms with E-state index in [-0.39, 0.29) is 25.0 Å². The number of ether oxygens (including phenoxy) is 5. The average Bonchev–Trinajstić information content (AvgIpc) is 2.64. The minimum Gasteiger partial charge on any atom is -0.466 e. The zero-order chi connectivity index (χ0) is 12.3. The summed E-state index contributed by atoms with van der Waals surface area (Å²) in [5.74, 6) is -1.28. The summed E-state index contributed by atoms with van der Waals surface area (Å²) in [6, 6.07) is 0. The van der Waals surface area contributed by atoms with Gasteiger partial charge in [-0.3, -0.25) is 4.79 Å². The lowest BCUT2D eigenvalue weighted by atomic mass is 10.1. The molecule has 2 fully saturated rings. The van der Waals surface area contributed by atoms with Gasteiger partial charge in [0.1, 0.15) is 0 Å². The van der Waals surface area contributed by atoms with Crippen molar-refractivity contribution in [1.82, 2.24) is 0 Å². The molecule has 6 nitrogen and oxygen atoms in total. The van der Waals surface area contributed by atoms with Crippen LogP contribution in [-0.2, 0) is 28.5 Å². The van der Waals surface area contributed by atoms with Crippen LogP contribution in [0.2, 0.25) is 0 Å². The Morgan fingerprint density at radius 2 is 2.00 bits per heavy atom. The lowest BCUT2D eigenvalue weighted by Gasteiger charge is -2.38. The third-order valence-corrected chi connectivity index (χ3v) is 2.70. The second-order valence-electron chi connectivity index (χ2n) is 4.06. The van der Waals surface area contributed by atoms with Gasteiger partial charge in [0, 0.05) is 0 Å². The number of esters is 1. The predicted molar refractivity (Wildman–Crippen MR) is 55.9 cm³/mol. The average molecular weight is 246 g/mol. The van der Waals surface area contributed by atoms with Crippen LogP contribution in [0, 0.1) is 0 Å². The highest BCUT2D eigenvalue weighted by Crippen LogP contribution is 2.33. The largest absolute Gasteiger partial charge is 0.466 e. The molecule has 0 N–H and O–H groups in total. The van der Waals surface area contributed by atoms with Crippen molar-refractivity contribution in [2.45, 2.75) is 45.1 Å². The van der Waals surface area contributed by atoms with Crippen molar-refractivity contribution in [1.29, 1.82) is 0 Å². The van der Waals surface area contributed by atoms with Crippen LogP contribution in [0.15, 0.2) is 0 Å². The smallest absolute Gasteiger partial charge is 0.311 e. The molecule has 0 aromatic carbocycles. The van der Waals surface area contributed by atoms with Crippen molar-refractivity contribution < 1.29 is 28.5 Å². The van der Waals surface area contributed by atoms with Gasteiger partial charge in [0.05, 0.1) is 32.7 Å². The zero-order valence-corrected chi connectivity index (χ0v) is 10.1. The first kappa shape index (κ1) is 12.8. The maximum atomic E-state index is 11.5. The van der Waals surface area contributed by atoms with E-state index in [2.05, 4.69) is 0 Å². The molecule has 2 saturated heterocycles. The van der Waals surface area contributed by atoms with E-state index < -0.39 is 5.79 Å². The van der Waals surface area contributed by atoms with Gasteiger partial charge in [0.15, 0.2) is 18.4 Å². The van der Waals surface area contributed by atoms with Crippen LogP contribution in [0.25, 0.3) is 0 Å². The fourth-order valence-corrected chi connectivity index (χ4v) is 2.01. The summed E-state index contributed by atoms with van der Waals surface area (Å²) >= 11 is 0. The highest BCUT2D eigenvalue weighted by molar-refractivity contribution is 5.70. The fourth-order valence-electron chi connectivity index (χ4n) is 2.01. The number of carbonyl (C=O) groups is 1. The Bertz CT molecular complexity index is 267. The molecule has 0 aromatic heterocycles. The van der Waals surface area contributed by atoms with Gasteiger partial charge in [-0.15, -0.1) is 0 Å². The second kappa shape index (κ2) is 5.30. The lowest BCUT2D eigenvalue weighted by molar-refractivity contribution is -0.393. The molecular formula is C11H18O6. The normalized spacial score (nSPS) is 30.9. The van der Waals surface area contributed by atoms with Gasteiger partial charge in [0.2, 0.25) is 0 Å². The summed E-state index contributed by atoms with van der Waals surface area (Å²) in [4.78, 5) is 11.5. The van der Waals surface area contributed by atoms with Crippen LogP contribution in [0.4, 0.5) is 0 Å². The highest BCUT2D eigenvalue weighted by Gasteiger charge is 2.45. The van der Waals surface area contributed by atoms with Crippen molar-refractivity contribution in [3.8, 4) is 0 Å². The molecule has 0 bridgehead atoms. The third-order valence-electron chi connectivity index (χ3n) is 2.70. The fraction of sp³-hybridized carbons (Fsp3) is 0.909. The topological polar surface area (TPSA) is 63.2 Å². The number of hydrogen-bond donors (Lipinski definition) is 0. The standard InChI is InChI=1S/C11H18O6/c1-3-13-9(12)6-11(14-4-5-15-11)7-10-16-8(2)17-10/h8,10H,3-7H2,1-2H3. The summed E-state index contributed by atoms with van der Waals surface area (Å²) in [5, 5.41) is 0. The van der Waals surface area contributed by atoms with Gasteiger partial charge in [-0.1, -0.05) is 0 Å². The molecule has 0 radical (unpaired) electrons. The molecule has 2 aliphatic rings. The Morgan fingerprint density at radius 1 is 1.35 bits per heavy atom. The summed E-state index contributed by atoms with van der Waals surface area (Å²) in [5.41, 5.74) is 0. The van der Waals surface area contributed by atoms with Crippen LogP contribution in [0.5, 0.6) is 0 Å². The maximum absolute atomic E-state index is 11.5. The molecule has 0 spiro atoms. The van der Waals surface area contributed by atoms with Crippen molar-refractivity contribution in [3.05, 3.63) is 0 Å². The van der Waals surface area contributed by atoms with Crippen LogP contribution >= 0.6 is 0 Å². The minimum absolute atomic E-state index is 0.0679. The first-order valence-corrected chi connectivity index (χ1v) is 5.88. The monoisotopic (exact) mass is 246 g/mol. The Hall–Kier alpha value is -0.690. The third kappa shape index (κ3) is 3.16. The van der Waals surface area contributed by atoms with Crippen LogP contribution in [0.1, 0.15) is 26.7 Å². The quantitative estimate of drug-likeness (QED) is 0.668. The molecule has 0 unspecified atom stereocenters. The predicted octanol–water partition coefficient (Wildman–Crippen LogP) is 0.792. The van der Waals surface area contributed by atoms with E-state index >= 15 is 0 Å². The van der Waals surface area contributed by atoms with Gasteiger partial charge in [-0.05, 0) is 13.8 Å². The van der Waals surface area contributed by atoms with Crippen molar-refractivity contribution in [2.75, 3.05) is 19.8 Å². The molecule has 17 heavy (non-hydrogen) atoms. The zero-order valence-electron chi connectivity index (χ0n) is 10.1. The van der Waals surface area contributed by atoms with E-state index in [0.29, 0.717) is 26.2 Å². The van der Waals surface area contributed by atoms with Gasteiger partial charge in [-0.25, -0.2) is 0 Å². The molecule has 2 aliphatic heterocycles. The Kier molecular flexibility index (Phi) is 3.98. The summed E-state index contributed by atoms with van der Waals surface area (Å²) < 4.78 is 26.6. The molecule has 0 aromatic rings. The first-order chi connectivity index (χ1) is 8.13. The van der Waals surface area contributed by atoms with Crippen molar-refractivity contribution in [2.24, 2.45) is 0 Å². The molecule has 0 atom stereocenters. The molecule has 0 saturated carbocycles. The van der Waals surface area contributed by atoms with Crippen LogP contribution in [0.3, 0.4) is 0 Å². The highest BCUT2D eigenvalue weighted by atomic mass is 16.9. The van der Waals surface area contributed by atoms with E-state index in [4.69, 9.17) is 23.7 Å². The Morgan fingerprint density at radius 3 is 2.53 bits per heavy atom. The van der Waals surface area contributed by atoms with E-state index in [1.54, 1.807) is 6.92 Å². The second-order valence-corrected chi connectivity index (χ2v) is 4.06. The Balaban J connectivity index is 1.87. The van der Waals surface area contributed by atoms with E-state index in [0.717, 1.165) is 0 Å². The summed E-state index contributed by atoms with van der Waals surface area (Å²) in [6.07, 6.45) is -0.104. The van der Waals surface area contributed by atoms with E-state index in [1.807, 2.05) is 6.92 Å². The minimum atomic E-state index is -0.947. The van der Waals surface area contributed by atoms with Crippen molar-refractivity contribution in [3.63, 3.8) is 0 Å². The molecule has 0 amide bonds. The summed E-state index contributed by atoms with van der Waals surface area (Å²) in [6.45, 7) is 4.87. The Labute approximate surface area is 100 Å². The van der Waals surface area contributed by atoms with Gasteiger partial charge in [-0.2, -0.15) is 0 Å². The van der Waals surface area contributed by atoms with Gasteiger partial charge >= 0.3 is 5.97 Å². The molecule has 2 rings (SSSR count). The van der Waals surface area contributed by atoms with Crippen molar-refractivity contribution >= 4 is 5.97 Å². The molecule has 6 heteroatoms. The lowest BCUT2D eigenvalue weighted by Crippen LogP contribution is -2.46. The molecule has 2 heterocycles. The molecule has 0 aliphatic carbocycles. The summed E-state index contributed by atoms with van der Waals surface area (Å²) in [7, 11) is 0. The maximum Gasteiger partial charge on any atom is 0.311 e. The van der Waals surface area contributed by atoms with Gasteiger partial charge < -0.3 is 23.7 Å². The number of carbonyl (C=O) groups excluding carboxylic acids is 1. The molecule has 98 valence electrons. The molecular weight excluding hydrogens is 228 g/mol.